The molecule has 0 saturated carbocycles. The van der Waals surface area contributed by atoms with Gasteiger partial charge in [-0.05, 0) is 127 Å². The molecule has 0 spiro atoms. The number of aromatic nitrogens is 4. The normalized spacial score (nSPS) is 11.8. The molecule has 0 radical (unpaired) electrons. The Morgan fingerprint density at radius 2 is 0.831 bits per heavy atom. The molecule has 0 N–H and O–H groups in total. The Morgan fingerprint density at radius 3 is 1.56 bits per heavy atom. The molecule has 89 heavy (non-hydrogen) atoms. The molecule has 0 aliphatic rings. The van der Waals surface area contributed by atoms with Crippen LogP contribution in [0.1, 0.15) is 0 Å². The number of nitrogens with zero attached hydrogens (tertiary/aromatic N) is 5. The highest BCUT2D eigenvalue weighted by atomic mass is 32.1. The van der Waals surface area contributed by atoms with Gasteiger partial charge in [-0.15, -0.1) is 11.3 Å². The molecular weight excluding hydrogens is 1100 g/mol. The molecule has 0 aliphatic heterocycles. The molecule has 5 nitrogen and oxygen atoms in total. The summed E-state index contributed by atoms with van der Waals surface area (Å²) >= 11 is 1.88. The van der Waals surface area contributed by atoms with Crippen LogP contribution < -0.4 is 4.90 Å². The van der Waals surface area contributed by atoms with Gasteiger partial charge in [-0.1, -0.05) is 237 Å². The maximum Gasteiger partial charge on any atom is 0.235 e. The fraction of sp³-hybridized carbons (Fsp3) is 0. The number of pyridine rings is 1. The van der Waals surface area contributed by atoms with Crippen molar-refractivity contribution in [2.45, 2.75) is 0 Å². The van der Waals surface area contributed by atoms with Gasteiger partial charge in [-0.25, -0.2) is 9.97 Å². The van der Waals surface area contributed by atoms with Gasteiger partial charge in [0.1, 0.15) is 0 Å². The lowest BCUT2D eigenvalue weighted by Crippen LogP contribution is -2.09. The van der Waals surface area contributed by atoms with Crippen molar-refractivity contribution in [1.82, 2.24) is 19.5 Å². The topological polar surface area (TPSA) is 46.8 Å². The van der Waals surface area contributed by atoms with Crippen LogP contribution in [0.5, 0.6) is 0 Å². The predicted octanol–water partition coefficient (Wildman–Crippen LogP) is 22.9. The summed E-state index contributed by atoms with van der Waals surface area (Å²) in [5, 5.41) is 16.7. The van der Waals surface area contributed by atoms with Crippen LogP contribution in [0.25, 0.3) is 158 Å². The summed E-state index contributed by atoms with van der Waals surface area (Å²) < 4.78 is 4.92. The highest BCUT2D eigenvalue weighted by molar-refractivity contribution is 7.27. The number of thiophene rings is 1. The van der Waals surface area contributed by atoms with Crippen LogP contribution in [0.3, 0.4) is 0 Å². The van der Waals surface area contributed by atoms with Gasteiger partial charge in [0.25, 0.3) is 0 Å². The third-order valence-electron chi connectivity index (χ3n) is 18.0. The molecule has 6 heteroatoms. The first-order valence-electron chi connectivity index (χ1n) is 30.2. The van der Waals surface area contributed by atoms with Crippen molar-refractivity contribution in [1.29, 1.82) is 0 Å². The van der Waals surface area contributed by atoms with Crippen molar-refractivity contribution in [2.75, 3.05) is 4.90 Å². The Morgan fingerprint density at radius 1 is 0.292 bits per heavy atom. The number of hydrogen-bond donors (Lipinski definition) is 0. The zero-order chi connectivity index (χ0) is 58.5. The van der Waals surface area contributed by atoms with E-state index < -0.39 is 0 Å². The summed E-state index contributed by atoms with van der Waals surface area (Å²) in [6.45, 7) is 0. The molecule has 0 atom stereocenters. The fourth-order valence-electron chi connectivity index (χ4n) is 14.0. The lowest BCUT2D eigenvalue weighted by Gasteiger charge is -2.26. The van der Waals surface area contributed by atoms with Gasteiger partial charge in [0.05, 0.1) is 28.1 Å². The highest BCUT2D eigenvalue weighted by Gasteiger charge is 2.27. The predicted molar refractivity (Wildman–Crippen MR) is 376 cm³/mol. The number of para-hydroxylation sites is 1. The monoisotopic (exact) mass is 1150 g/mol. The van der Waals surface area contributed by atoms with Crippen LogP contribution in [0.4, 0.5) is 17.1 Å². The van der Waals surface area contributed by atoms with Gasteiger partial charge >= 0.3 is 0 Å². The van der Waals surface area contributed by atoms with Gasteiger partial charge in [0.2, 0.25) is 5.95 Å². The van der Waals surface area contributed by atoms with E-state index in [0.717, 1.165) is 78.2 Å². The van der Waals surface area contributed by atoms with Crippen LogP contribution in [-0.4, -0.2) is 19.5 Å². The lowest BCUT2D eigenvalue weighted by molar-refractivity contribution is 1.00. The van der Waals surface area contributed by atoms with E-state index in [2.05, 4.69) is 306 Å². The molecular formula is C83H51N5S. The second-order valence-corrected chi connectivity index (χ2v) is 24.0. The summed E-state index contributed by atoms with van der Waals surface area (Å²) in [5.74, 6) is 0.606. The van der Waals surface area contributed by atoms with E-state index in [0.29, 0.717) is 5.95 Å². The summed E-state index contributed by atoms with van der Waals surface area (Å²) in [7, 11) is 0. The van der Waals surface area contributed by atoms with Gasteiger partial charge in [-0.2, -0.15) is 0 Å². The molecule has 0 aliphatic carbocycles. The third kappa shape index (κ3) is 8.26. The minimum Gasteiger partial charge on any atom is -0.310 e. The Hall–Kier alpha value is -11.6. The first-order chi connectivity index (χ1) is 44.1. The van der Waals surface area contributed by atoms with Gasteiger partial charge in [0, 0.05) is 87.1 Å². The lowest BCUT2D eigenvalue weighted by atomic mass is 9.92. The average molecular weight is 1150 g/mol. The molecule has 0 saturated heterocycles. The molecule has 14 aromatic carbocycles. The minimum atomic E-state index is 0.606. The first-order valence-corrected chi connectivity index (χ1v) is 31.0. The number of anilines is 3. The standard InChI is InChI=1S/C83H51N5S/c1-4-20-52(21-5-1)56-24-18-28-60(48-56)87(59-26-8-3-9-27-59)61-42-43-63-57(49-61)25-19-35-62(63)58-41-46-76-72(50-58)79-78-71-45-44-68-66-31-11-10-29-64(66)65-30-12-13-32-67(65)77(68)81(71)88(80(78)69-33-14-15-34-70(69)82(79)89-76)83-85-74(53-22-6-2-7-23-53)51-75(86-83)55-39-37-54(38-40-55)73-36-16-17-47-84-73/h1-51H. The maximum atomic E-state index is 5.75. The van der Waals surface area contributed by atoms with E-state index in [1.54, 1.807) is 0 Å². The third-order valence-corrected chi connectivity index (χ3v) is 19.2. The van der Waals surface area contributed by atoms with Gasteiger partial charge < -0.3 is 4.90 Å². The molecule has 4 heterocycles. The Balaban J connectivity index is 0.901. The zero-order valence-electron chi connectivity index (χ0n) is 48.1. The molecule has 0 amide bonds. The van der Waals surface area contributed by atoms with Crippen LogP contribution >= 0.6 is 11.3 Å². The van der Waals surface area contributed by atoms with E-state index in [9.17, 15) is 0 Å². The number of hydrogen-bond acceptors (Lipinski definition) is 5. The Bertz CT molecular complexity index is 5810. The summed E-state index contributed by atoms with van der Waals surface area (Å²) in [4.78, 5) is 18.5. The smallest absolute Gasteiger partial charge is 0.235 e. The van der Waals surface area contributed by atoms with Gasteiger partial charge in [-0.3, -0.25) is 9.55 Å². The SMILES string of the molecule is c1ccc(-c2cccc(N(c3ccccc3)c3ccc4c(-c5ccc6sc7c8ccccc8c8c(c9ccc%10c%11ccccc%11c%11ccccc%11c%10c9n8-c8nc(-c9ccccc9)cc(-c9ccc(-c%10ccccn%10)cc9)n8)c7c6c5)cccc4c3)c2)cc1. The van der Waals surface area contributed by atoms with Crippen LogP contribution in [0, 0.1) is 0 Å². The van der Waals surface area contributed by atoms with E-state index in [1.165, 1.54) is 90.7 Å². The second-order valence-electron chi connectivity index (χ2n) is 23.0. The van der Waals surface area contributed by atoms with Gasteiger partial charge in [0.15, 0.2) is 0 Å². The zero-order valence-corrected chi connectivity index (χ0v) is 48.9. The summed E-state index contributed by atoms with van der Waals surface area (Å²) in [6.07, 6.45) is 1.84. The molecule has 414 valence electrons. The molecule has 0 unspecified atom stereocenters. The van der Waals surface area contributed by atoms with E-state index in [1.807, 2.05) is 29.7 Å². The first kappa shape index (κ1) is 50.7. The Kier molecular flexibility index (Phi) is 11.7. The summed E-state index contributed by atoms with van der Waals surface area (Å²) in [6, 6.07) is 110. The largest absolute Gasteiger partial charge is 0.310 e. The fourth-order valence-corrected chi connectivity index (χ4v) is 15.2. The molecule has 18 rings (SSSR count). The van der Waals surface area contributed by atoms with Crippen molar-refractivity contribution in [3.8, 4) is 62.0 Å². The van der Waals surface area contributed by atoms with Crippen molar-refractivity contribution in [2.24, 2.45) is 0 Å². The van der Waals surface area contributed by atoms with Crippen molar-refractivity contribution in [3.05, 3.63) is 310 Å². The molecule has 0 fully saturated rings. The van der Waals surface area contributed by atoms with E-state index in [-0.39, 0.29) is 0 Å². The molecule has 4 aromatic heterocycles. The quantitative estimate of drug-likeness (QED) is 0.135. The van der Waals surface area contributed by atoms with E-state index in [4.69, 9.17) is 9.97 Å². The Labute approximate surface area is 517 Å². The van der Waals surface area contributed by atoms with Crippen molar-refractivity contribution < 1.29 is 0 Å². The number of benzene rings is 14. The highest BCUT2D eigenvalue weighted by Crippen LogP contribution is 2.52. The molecule has 18 aromatic rings. The van der Waals surface area contributed by atoms with Crippen LogP contribution in [-0.2, 0) is 0 Å². The van der Waals surface area contributed by atoms with Crippen LogP contribution in [0.2, 0.25) is 0 Å². The minimum absolute atomic E-state index is 0.606. The number of fused-ring (bicyclic) bond motifs is 18. The van der Waals surface area contributed by atoms with Crippen LogP contribution in [0.15, 0.2) is 310 Å². The van der Waals surface area contributed by atoms with Crippen molar-refractivity contribution >= 4 is 124 Å². The average Bonchev–Trinajstić information content (AvgIpc) is 1.55. The molecule has 0 bridgehead atoms. The summed E-state index contributed by atoms with van der Waals surface area (Å²) in [5.41, 5.74) is 15.8. The second kappa shape index (κ2) is 20.6. The maximum absolute atomic E-state index is 5.75. The number of rotatable bonds is 9. The van der Waals surface area contributed by atoms with E-state index >= 15 is 0 Å². The van der Waals surface area contributed by atoms with Crippen molar-refractivity contribution in [3.63, 3.8) is 0 Å².